The van der Waals surface area contributed by atoms with Gasteiger partial charge in [-0.1, -0.05) is 57.2 Å². The van der Waals surface area contributed by atoms with Crippen LogP contribution >= 0.6 is 7.75 Å². The van der Waals surface area contributed by atoms with Crippen LogP contribution in [0.25, 0.3) is 21.9 Å². The first-order valence-corrected chi connectivity index (χ1v) is 16.7. The Balaban J connectivity index is 1.44. The molecule has 0 amide bonds. The fourth-order valence-electron chi connectivity index (χ4n) is 5.05. The van der Waals surface area contributed by atoms with Crippen LogP contribution < -0.4 is 20.1 Å². The zero-order valence-corrected chi connectivity index (χ0v) is 28.2. The number of carbonyl (C=O) groups is 1. The van der Waals surface area contributed by atoms with E-state index < -0.39 is 50.2 Å². The number of imidazole rings is 1. The van der Waals surface area contributed by atoms with Crippen molar-refractivity contribution < 1.29 is 46.5 Å². The van der Waals surface area contributed by atoms with E-state index in [1.165, 1.54) is 13.0 Å². The molecule has 2 aromatic carbocycles. The Bertz CT molecular complexity index is 1850. The van der Waals surface area contributed by atoms with Crippen molar-refractivity contribution in [2.75, 3.05) is 25.6 Å². The Labute approximate surface area is 275 Å². The summed E-state index contributed by atoms with van der Waals surface area (Å²) >= 11 is 0. The predicted molar refractivity (Wildman–Crippen MR) is 172 cm³/mol. The van der Waals surface area contributed by atoms with Gasteiger partial charge in [0.15, 0.2) is 29.2 Å². The number of hydrogen-bond donors (Lipinski definition) is 3. The molecule has 260 valence electrons. The average Bonchev–Trinajstić information content (AvgIpc) is 3.51. The number of benzene rings is 2. The summed E-state index contributed by atoms with van der Waals surface area (Å²) in [6.45, 7) is 8.56. The summed E-state index contributed by atoms with van der Waals surface area (Å²) < 4.78 is 75.8. The van der Waals surface area contributed by atoms with E-state index in [1.54, 1.807) is 43.3 Å². The minimum atomic E-state index is -4.70. The van der Waals surface area contributed by atoms with Crippen LogP contribution in [0.2, 0.25) is 0 Å². The van der Waals surface area contributed by atoms with Gasteiger partial charge in [-0.3, -0.25) is 13.9 Å². The number of nitrogen functional groups attached to an aromatic ring is 1. The highest BCUT2D eigenvalue weighted by Gasteiger charge is 2.65. The molecule has 0 aliphatic carbocycles. The highest BCUT2D eigenvalue weighted by molar-refractivity contribution is 7.52. The first-order chi connectivity index (χ1) is 22.5. The number of nitrogens with two attached hydrogens (primary N) is 1. The third-order valence-electron chi connectivity index (χ3n) is 7.43. The van der Waals surface area contributed by atoms with Crippen LogP contribution in [0.3, 0.4) is 0 Å². The van der Waals surface area contributed by atoms with E-state index in [9.17, 15) is 14.5 Å². The number of aromatic nitrogens is 4. The van der Waals surface area contributed by atoms with Crippen molar-refractivity contribution in [1.29, 1.82) is 0 Å². The largest absolute Gasteiger partial charge is 0.476 e. The number of ether oxygens (including phenoxy) is 3. The van der Waals surface area contributed by atoms with Crippen molar-refractivity contribution >= 4 is 41.6 Å². The number of fused-ring (bicyclic) bond motifs is 2. The number of hydrogen-bond acceptors (Lipinski definition) is 12. The smallest absolute Gasteiger partial charge is 0.459 e. The summed E-state index contributed by atoms with van der Waals surface area (Å²) in [6.07, 6.45) is -3.21. The molecule has 4 aromatic rings. The van der Waals surface area contributed by atoms with Gasteiger partial charge in [-0.15, -0.1) is 0 Å². The summed E-state index contributed by atoms with van der Waals surface area (Å²) in [6, 6.07) is 10.7. The predicted octanol–water partition coefficient (Wildman–Crippen LogP) is 5.02. The minimum Gasteiger partial charge on any atom is -0.476 e. The molecule has 2 aromatic heterocycles. The average molecular weight is 693 g/mol. The summed E-state index contributed by atoms with van der Waals surface area (Å²) in [5.41, 5.74) is 2.70. The van der Waals surface area contributed by atoms with Gasteiger partial charge in [-0.05, 0) is 37.6 Å². The number of halogens is 2. The molecule has 4 N–H and O–H groups in total. The van der Waals surface area contributed by atoms with Gasteiger partial charge in [0.1, 0.15) is 18.4 Å². The number of aliphatic hydroxyl groups is 1. The van der Waals surface area contributed by atoms with Crippen LogP contribution in [0.4, 0.5) is 14.7 Å². The maximum absolute atomic E-state index is 16.5. The molecule has 0 spiro atoms. The quantitative estimate of drug-likeness (QED) is 0.133. The SMILES string of the molecule is CCOc1nc(N)nc2c1ncn2[C@@H]1O[C@](F)(COP(=O)(N[C@@H](C)C(=O)OCC(C)(C)C)Oc2cccc3ccccc23)[C@@H](O)[C@@]1(C)F. The highest BCUT2D eigenvalue weighted by Crippen LogP contribution is 2.52. The molecule has 1 fully saturated rings. The molecule has 48 heavy (non-hydrogen) atoms. The number of nitrogens with one attached hydrogen (secondary N) is 1. The van der Waals surface area contributed by atoms with E-state index in [-0.39, 0.29) is 47.4 Å². The van der Waals surface area contributed by atoms with Gasteiger partial charge in [0, 0.05) is 5.39 Å². The van der Waals surface area contributed by atoms with Gasteiger partial charge in [0.05, 0.1) is 19.5 Å². The zero-order chi connectivity index (χ0) is 35.1. The number of carbonyl (C=O) groups excluding carboxylic acids is 1. The van der Waals surface area contributed by atoms with Crippen molar-refractivity contribution in [1.82, 2.24) is 24.6 Å². The molecule has 14 nitrogen and oxygen atoms in total. The Morgan fingerprint density at radius 1 is 1.21 bits per heavy atom. The monoisotopic (exact) mass is 692 g/mol. The topological polar surface area (TPSA) is 182 Å². The first kappa shape index (κ1) is 35.4. The number of nitrogens with zero attached hydrogens (tertiary/aromatic N) is 4. The number of rotatable bonds is 12. The van der Waals surface area contributed by atoms with Crippen LogP contribution in [0.1, 0.15) is 47.8 Å². The van der Waals surface area contributed by atoms with E-state index in [4.69, 9.17) is 29.0 Å². The normalized spacial score (nSPS) is 24.8. The van der Waals surface area contributed by atoms with E-state index in [1.807, 2.05) is 20.8 Å². The summed E-state index contributed by atoms with van der Waals surface area (Å²) in [4.78, 5) is 25.0. The number of alkyl halides is 2. The van der Waals surface area contributed by atoms with Crippen LogP contribution in [-0.2, 0) is 23.4 Å². The fourth-order valence-corrected chi connectivity index (χ4v) is 6.57. The highest BCUT2D eigenvalue weighted by atomic mass is 31.2. The first-order valence-electron chi connectivity index (χ1n) is 15.2. The van der Waals surface area contributed by atoms with E-state index in [0.29, 0.717) is 5.39 Å². The molecular weight excluding hydrogens is 653 g/mol. The Hall–Kier alpha value is -3.95. The molecular formula is C31H39F2N6O8P. The van der Waals surface area contributed by atoms with Crippen LogP contribution in [0, 0.1) is 5.41 Å². The molecule has 0 bridgehead atoms. The van der Waals surface area contributed by atoms with Crippen LogP contribution in [-0.4, -0.2) is 74.1 Å². The fraction of sp³-hybridized carbons (Fsp3) is 0.484. The number of esters is 1. The number of anilines is 1. The molecule has 1 unspecified atom stereocenters. The van der Waals surface area contributed by atoms with Gasteiger partial charge in [0.25, 0.3) is 5.85 Å². The summed E-state index contributed by atoms with van der Waals surface area (Å²) in [5, 5.41) is 14.7. The second kappa shape index (κ2) is 13.2. The Kier molecular flexibility index (Phi) is 9.70. The minimum absolute atomic E-state index is 0.0143. The van der Waals surface area contributed by atoms with E-state index in [0.717, 1.165) is 23.2 Å². The second-order valence-electron chi connectivity index (χ2n) is 12.8. The molecule has 17 heteroatoms. The molecule has 1 saturated heterocycles. The van der Waals surface area contributed by atoms with E-state index in [2.05, 4.69) is 20.0 Å². The molecule has 5 rings (SSSR count). The lowest BCUT2D eigenvalue weighted by Gasteiger charge is -2.28. The maximum Gasteiger partial charge on any atom is 0.459 e. The lowest BCUT2D eigenvalue weighted by Crippen LogP contribution is -2.47. The van der Waals surface area contributed by atoms with E-state index >= 15 is 8.78 Å². The second-order valence-corrected chi connectivity index (χ2v) is 14.5. The molecule has 6 atom stereocenters. The Morgan fingerprint density at radius 3 is 2.62 bits per heavy atom. The molecule has 1 aliphatic heterocycles. The van der Waals surface area contributed by atoms with Crippen molar-refractivity contribution in [3.63, 3.8) is 0 Å². The van der Waals surface area contributed by atoms with Gasteiger partial charge < -0.3 is 29.6 Å². The van der Waals surface area contributed by atoms with Crippen LogP contribution in [0.15, 0.2) is 48.8 Å². The molecule has 1 aliphatic rings. The third kappa shape index (κ3) is 7.22. The van der Waals surface area contributed by atoms with Crippen molar-refractivity contribution in [3.05, 3.63) is 48.8 Å². The lowest BCUT2D eigenvalue weighted by molar-refractivity contribution is -0.202. The van der Waals surface area contributed by atoms with Crippen molar-refractivity contribution in [3.8, 4) is 11.6 Å². The third-order valence-corrected chi connectivity index (χ3v) is 9.04. The molecule has 3 heterocycles. The maximum atomic E-state index is 16.5. The van der Waals surface area contributed by atoms with Gasteiger partial charge in [-0.2, -0.15) is 15.1 Å². The lowest BCUT2D eigenvalue weighted by atomic mass is 9.97. The van der Waals surface area contributed by atoms with Crippen LogP contribution in [0.5, 0.6) is 11.6 Å². The number of aliphatic hydroxyl groups excluding tert-OH is 1. The van der Waals surface area contributed by atoms with Gasteiger partial charge in [-0.25, -0.2) is 18.3 Å². The standard InChI is InChI=1S/C31H39F2N6O8P/c1-7-43-24-22-23(36-28(34)37-24)39(17-35-22)27-30(6,32)26(41)31(33,46-27)16-45-48(42,38-18(2)25(40)44-15-29(3,4)5)47-21-14-10-12-19-11-8-9-13-20(19)21/h8-14,17-18,26-27,41H,7,15-16H2,1-6H3,(H,38,42)(H2,34,36,37)/t18-,26-,27+,30+,31+,48?/m0/s1. The molecule has 0 saturated carbocycles. The summed E-state index contributed by atoms with van der Waals surface area (Å²) in [7, 11) is -4.70. The zero-order valence-electron chi connectivity index (χ0n) is 27.3. The molecule has 0 radical (unpaired) electrons. The van der Waals surface area contributed by atoms with Crippen molar-refractivity contribution in [2.45, 2.75) is 71.4 Å². The summed E-state index contributed by atoms with van der Waals surface area (Å²) in [5.74, 6) is -4.20. The van der Waals surface area contributed by atoms with Crippen molar-refractivity contribution in [2.24, 2.45) is 5.41 Å². The Morgan fingerprint density at radius 2 is 1.92 bits per heavy atom. The van der Waals surface area contributed by atoms with Gasteiger partial charge in [0.2, 0.25) is 11.8 Å². The van der Waals surface area contributed by atoms with Gasteiger partial charge >= 0.3 is 13.7 Å².